The van der Waals surface area contributed by atoms with Gasteiger partial charge in [-0.3, -0.25) is 15.0 Å². The van der Waals surface area contributed by atoms with Gasteiger partial charge in [0, 0.05) is 33.3 Å². The third-order valence-corrected chi connectivity index (χ3v) is 7.92. The van der Waals surface area contributed by atoms with Gasteiger partial charge in [0.1, 0.15) is 24.4 Å². The number of carbonyl (C=O) groups is 4. The Labute approximate surface area is 306 Å². The second kappa shape index (κ2) is 23.9. The Morgan fingerprint density at radius 3 is 1.83 bits per heavy atom. The molecule has 0 saturated heterocycles. The van der Waals surface area contributed by atoms with Gasteiger partial charge in [-0.15, -0.1) is 0 Å². The Kier molecular flexibility index (Phi) is 20.1. The maximum atomic E-state index is 13.6. The molecule has 16 nitrogen and oxygen atoms in total. The van der Waals surface area contributed by atoms with Gasteiger partial charge in [0.15, 0.2) is 0 Å². The molecule has 0 heterocycles. The molecule has 290 valence electrons. The molecule has 0 spiro atoms. The zero-order chi connectivity index (χ0) is 38.5. The summed E-state index contributed by atoms with van der Waals surface area (Å²) in [6.07, 6.45) is -1.05. The number of aliphatic hydroxyl groups is 3. The van der Waals surface area contributed by atoms with Crippen LogP contribution in [-0.2, 0) is 20.9 Å². The molecule has 0 aliphatic heterocycles. The Balaban J connectivity index is 2.31. The van der Waals surface area contributed by atoms with Crippen molar-refractivity contribution in [2.75, 3.05) is 53.2 Å². The smallest absolute Gasteiger partial charge is 0.315 e. The fraction of sp³-hybridized carbons (Fsp3) is 0.556. The van der Waals surface area contributed by atoms with E-state index < -0.39 is 48.1 Å². The minimum atomic E-state index is -1.14. The van der Waals surface area contributed by atoms with E-state index in [1.807, 2.05) is 18.2 Å². The number of hydrogen-bond acceptors (Lipinski definition) is 10. The molecule has 16 heteroatoms. The molecule has 0 fully saturated rings. The highest BCUT2D eigenvalue weighted by molar-refractivity contribution is 5.88. The molecule has 0 aliphatic rings. The van der Waals surface area contributed by atoms with Crippen molar-refractivity contribution in [2.45, 2.75) is 64.9 Å². The van der Waals surface area contributed by atoms with E-state index in [0.29, 0.717) is 24.5 Å². The monoisotopic (exact) mass is 731 g/mol. The van der Waals surface area contributed by atoms with Crippen molar-refractivity contribution in [1.29, 1.82) is 0 Å². The molecule has 0 bridgehead atoms. The van der Waals surface area contributed by atoms with Crippen LogP contribution in [0, 0.1) is 11.8 Å². The lowest BCUT2D eigenvalue weighted by atomic mass is 9.97. The van der Waals surface area contributed by atoms with Crippen molar-refractivity contribution >= 4 is 23.9 Å². The van der Waals surface area contributed by atoms with Crippen molar-refractivity contribution < 1.29 is 44.0 Å². The summed E-state index contributed by atoms with van der Waals surface area (Å²) in [4.78, 5) is 51.9. The van der Waals surface area contributed by atoms with Crippen LogP contribution in [0.2, 0.25) is 0 Å². The zero-order valence-corrected chi connectivity index (χ0v) is 30.8. The van der Waals surface area contributed by atoms with Crippen LogP contribution in [0.4, 0.5) is 9.59 Å². The average molecular weight is 732 g/mol. The number of carbonyl (C=O) groups excluding carboxylic acids is 4. The third kappa shape index (κ3) is 15.8. The summed E-state index contributed by atoms with van der Waals surface area (Å²) in [5.74, 6) is -0.941. The van der Waals surface area contributed by atoms with E-state index >= 15 is 0 Å². The normalized spacial score (nSPS) is 13.5. The first-order valence-electron chi connectivity index (χ1n) is 17.5. The largest absolute Gasteiger partial charge is 0.491 e. The van der Waals surface area contributed by atoms with Crippen molar-refractivity contribution in [3.05, 3.63) is 65.7 Å². The minimum Gasteiger partial charge on any atom is -0.491 e. The first-order valence-corrected chi connectivity index (χ1v) is 17.5. The van der Waals surface area contributed by atoms with Gasteiger partial charge in [-0.25, -0.2) is 14.6 Å². The Morgan fingerprint density at radius 2 is 1.31 bits per heavy atom. The number of benzene rings is 2. The highest BCUT2D eigenvalue weighted by Crippen LogP contribution is 2.21. The predicted molar refractivity (Wildman–Crippen MR) is 195 cm³/mol. The Bertz CT molecular complexity index is 1350. The van der Waals surface area contributed by atoms with E-state index in [1.54, 1.807) is 76.2 Å². The van der Waals surface area contributed by atoms with Crippen LogP contribution in [-0.4, -0.2) is 116 Å². The van der Waals surface area contributed by atoms with E-state index in [2.05, 4.69) is 32.0 Å². The number of methoxy groups -OCH3 is 1. The van der Waals surface area contributed by atoms with Gasteiger partial charge in [0.2, 0.25) is 5.91 Å². The number of nitrogens with one attached hydrogen (secondary N) is 6. The average Bonchev–Trinajstić information content (AvgIpc) is 3.12. The summed E-state index contributed by atoms with van der Waals surface area (Å²) in [5, 5.41) is 44.5. The second-order valence-corrected chi connectivity index (χ2v) is 12.8. The van der Waals surface area contributed by atoms with Crippen molar-refractivity contribution in [1.82, 2.24) is 37.0 Å². The third-order valence-electron chi connectivity index (χ3n) is 7.92. The van der Waals surface area contributed by atoms with E-state index in [1.165, 1.54) is 0 Å². The van der Waals surface area contributed by atoms with Gasteiger partial charge in [-0.2, -0.15) is 0 Å². The van der Waals surface area contributed by atoms with Crippen LogP contribution in [0.25, 0.3) is 0 Å². The van der Waals surface area contributed by atoms with Crippen molar-refractivity contribution in [2.24, 2.45) is 11.8 Å². The van der Waals surface area contributed by atoms with Crippen LogP contribution < -0.4 is 36.7 Å². The number of ether oxygens (including phenoxy) is 2. The van der Waals surface area contributed by atoms with E-state index in [9.17, 15) is 24.3 Å². The van der Waals surface area contributed by atoms with Crippen molar-refractivity contribution in [3.63, 3.8) is 0 Å². The molecule has 2 aromatic rings. The number of hydrogen-bond donors (Lipinski definition) is 9. The van der Waals surface area contributed by atoms with Crippen LogP contribution in [0.3, 0.4) is 0 Å². The molecule has 9 N–H and O–H groups in total. The Hall–Kier alpha value is -4.48. The van der Waals surface area contributed by atoms with Crippen LogP contribution in [0.5, 0.6) is 5.75 Å². The molecule has 0 radical (unpaired) electrons. The predicted octanol–water partition coefficient (Wildman–Crippen LogP) is 0.786. The molecular weight excluding hydrogens is 674 g/mol. The van der Waals surface area contributed by atoms with Crippen LogP contribution >= 0.6 is 0 Å². The number of urea groups is 2. The molecule has 6 amide bonds. The summed E-state index contributed by atoms with van der Waals surface area (Å²) in [7, 11) is 1.59. The Morgan fingerprint density at radius 1 is 0.750 bits per heavy atom. The maximum Gasteiger partial charge on any atom is 0.315 e. The molecule has 0 saturated carbocycles. The van der Waals surface area contributed by atoms with Gasteiger partial charge < -0.3 is 51.4 Å². The molecule has 4 unspecified atom stereocenters. The standard InChI is InChI=1S/C36H57N7O9/c1-24(2)30(40-35(49)37-16-19-44)33(47)39-32(27-9-7-6-8-10-27)29(46)15-18-43(23-26-11-13-28(14-12-26)52-22-21-51-5)42-34(48)31(25(3)4)41-36(50)38-17-20-45/h6-14,24-25,29-32,44-46H,15-23H2,1-5H3,(H,39,47)(H,42,48)(H2,37,40,49)(H2,38,41,50). The fourth-order valence-electron chi connectivity index (χ4n) is 5.11. The summed E-state index contributed by atoms with van der Waals surface area (Å²) in [6.45, 7) is 7.85. The van der Waals surface area contributed by atoms with Gasteiger partial charge in [0.25, 0.3) is 5.91 Å². The molecule has 0 aromatic heterocycles. The molecule has 52 heavy (non-hydrogen) atoms. The lowest BCUT2D eigenvalue weighted by Gasteiger charge is -2.31. The quantitative estimate of drug-likeness (QED) is 0.0578. The summed E-state index contributed by atoms with van der Waals surface area (Å²) >= 11 is 0. The van der Waals surface area contributed by atoms with Crippen molar-refractivity contribution in [3.8, 4) is 5.75 Å². The van der Waals surface area contributed by atoms with Gasteiger partial charge >= 0.3 is 12.1 Å². The molecule has 0 aliphatic carbocycles. The van der Waals surface area contributed by atoms with E-state index in [0.717, 1.165) is 5.56 Å². The first kappa shape index (κ1) is 43.7. The highest BCUT2D eigenvalue weighted by atomic mass is 16.5. The second-order valence-electron chi connectivity index (χ2n) is 12.8. The van der Waals surface area contributed by atoms with E-state index in [-0.39, 0.29) is 57.6 Å². The zero-order valence-electron chi connectivity index (χ0n) is 30.8. The van der Waals surface area contributed by atoms with Crippen LogP contribution in [0.15, 0.2) is 54.6 Å². The molecule has 2 rings (SSSR count). The van der Waals surface area contributed by atoms with Gasteiger partial charge in [-0.1, -0.05) is 70.2 Å². The summed E-state index contributed by atoms with van der Waals surface area (Å²) in [6, 6.07) is 12.3. The van der Waals surface area contributed by atoms with E-state index in [4.69, 9.17) is 19.7 Å². The topological polar surface area (TPSA) is 223 Å². The van der Waals surface area contributed by atoms with Gasteiger partial charge in [0.05, 0.1) is 32.0 Å². The highest BCUT2D eigenvalue weighted by Gasteiger charge is 2.31. The first-order chi connectivity index (χ1) is 24.9. The lowest BCUT2D eigenvalue weighted by molar-refractivity contribution is -0.129. The fourth-order valence-corrected chi connectivity index (χ4v) is 5.11. The SMILES string of the molecule is COCCOc1ccc(CN(CCC(O)C(NC(=O)C(NC(=O)NCCO)C(C)C)c2ccccc2)NC(=O)C(NC(=O)NCCO)C(C)C)cc1. The minimum absolute atomic E-state index is 0.0217. The molecule has 2 aromatic carbocycles. The molecule has 4 atom stereocenters. The number of amides is 6. The number of aliphatic hydroxyl groups excluding tert-OH is 3. The number of hydrazine groups is 1. The number of nitrogens with zero attached hydrogens (tertiary/aromatic N) is 1. The molecular formula is C36H57N7O9. The van der Waals surface area contributed by atoms with Crippen LogP contribution in [0.1, 0.15) is 51.3 Å². The number of rotatable bonds is 23. The summed E-state index contributed by atoms with van der Waals surface area (Å²) in [5.41, 5.74) is 4.35. The lowest BCUT2D eigenvalue weighted by Crippen LogP contribution is -2.56. The maximum absolute atomic E-state index is 13.6. The summed E-state index contributed by atoms with van der Waals surface area (Å²) < 4.78 is 10.7. The van der Waals surface area contributed by atoms with Gasteiger partial charge in [-0.05, 0) is 41.5 Å².